The first kappa shape index (κ1) is 25.2. The van der Waals surface area contributed by atoms with E-state index in [-0.39, 0.29) is 23.0 Å². The molecule has 0 aliphatic rings. The second-order valence-corrected chi connectivity index (χ2v) is 9.12. The number of phenolic OH excluding ortho intramolecular Hbond substituents is 1. The van der Waals surface area contributed by atoms with Crippen molar-refractivity contribution >= 4 is 39.1 Å². The van der Waals surface area contributed by atoms with Gasteiger partial charge in [0, 0.05) is 45.0 Å². The summed E-state index contributed by atoms with van der Waals surface area (Å²) < 4.78 is 2.16. The highest BCUT2D eigenvalue weighted by atomic mass is 16.4. The van der Waals surface area contributed by atoms with Crippen LogP contribution in [0.25, 0.3) is 21.8 Å². The molecule has 0 radical (unpaired) electrons. The van der Waals surface area contributed by atoms with Gasteiger partial charge in [-0.25, -0.2) is 0 Å². The Balaban J connectivity index is 1.70. The van der Waals surface area contributed by atoms with Gasteiger partial charge in [-0.15, -0.1) is 0 Å². The van der Waals surface area contributed by atoms with Crippen LogP contribution >= 0.6 is 0 Å². The number of oxime groups is 1. The fraction of sp³-hybridized carbons (Fsp3) is 0.300. The molecule has 1 aromatic heterocycles. The third-order valence-electron chi connectivity index (χ3n) is 6.73. The molecule has 4 rings (SSSR count). The summed E-state index contributed by atoms with van der Waals surface area (Å²) in [5, 5.41) is 24.1. The smallest absolute Gasteiger partial charge is 0.210 e. The molecule has 0 aliphatic carbocycles. The number of Topliss-reactive ketones (excluding diaryl/α,β-unsaturated/α-hetero) is 1. The molecule has 0 saturated heterocycles. The van der Waals surface area contributed by atoms with Gasteiger partial charge < -0.3 is 14.9 Å². The predicted octanol–water partition coefficient (Wildman–Crippen LogP) is 7.12. The lowest BCUT2D eigenvalue weighted by molar-refractivity contribution is 0.103. The Morgan fingerprint density at radius 3 is 1.97 bits per heavy atom. The summed E-state index contributed by atoms with van der Waals surface area (Å²) in [5.41, 5.74) is 3.61. The van der Waals surface area contributed by atoms with Crippen molar-refractivity contribution < 1.29 is 19.9 Å². The van der Waals surface area contributed by atoms with Gasteiger partial charge in [-0.3, -0.25) is 9.59 Å². The van der Waals surface area contributed by atoms with Crippen LogP contribution in [0.2, 0.25) is 0 Å². The van der Waals surface area contributed by atoms with Crippen molar-refractivity contribution in [3.8, 4) is 5.75 Å². The quantitative estimate of drug-likeness (QED) is 0.0779. The van der Waals surface area contributed by atoms with Gasteiger partial charge in [0.25, 0.3) is 0 Å². The van der Waals surface area contributed by atoms with E-state index in [1.807, 2.05) is 30.3 Å². The number of phenols is 1. The molecule has 0 bridgehead atoms. The minimum absolute atomic E-state index is 0.108. The Morgan fingerprint density at radius 1 is 0.778 bits per heavy atom. The zero-order chi connectivity index (χ0) is 25.7. The number of carbonyl (C=O) groups is 2. The lowest BCUT2D eigenvalue weighted by Crippen LogP contribution is -2.14. The van der Waals surface area contributed by atoms with Crippen LogP contribution in [0.15, 0.2) is 65.8 Å². The lowest BCUT2D eigenvalue weighted by atomic mass is 9.98. The Kier molecular flexibility index (Phi) is 7.84. The SMILES string of the molecule is CCCCCCC/C(=N\O)C(=O)c1ccc2c(c1)c1cc(C(=O)c3ccc(O)cc3)ccc1n2CC. The Bertz CT molecular complexity index is 1430. The van der Waals surface area contributed by atoms with Crippen LogP contribution in [0.1, 0.15) is 78.7 Å². The van der Waals surface area contributed by atoms with Crippen LogP contribution in [-0.4, -0.2) is 32.2 Å². The number of benzene rings is 3. The molecular formula is C30H32N2O4. The van der Waals surface area contributed by atoms with E-state index in [9.17, 15) is 19.9 Å². The molecule has 0 spiro atoms. The van der Waals surface area contributed by atoms with E-state index in [2.05, 4.69) is 23.6 Å². The molecule has 0 unspecified atom stereocenters. The Labute approximate surface area is 210 Å². The zero-order valence-electron chi connectivity index (χ0n) is 20.8. The number of ketones is 2. The molecule has 0 aliphatic heterocycles. The minimum atomic E-state index is -0.274. The summed E-state index contributed by atoms with van der Waals surface area (Å²) >= 11 is 0. The summed E-state index contributed by atoms with van der Waals surface area (Å²) in [6, 6.07) is 17.3. The van der Waals surface area contributed by atoms with Crippen molar-refractivity contribution in [2.75, 3.05) is 0 Å². The number of carbonyl (C=O) groups excluding carboxylic acids is 2. The molecule has 0 saturated carbocycles. The van der Waals surface area contributed by atoms with Crippen LogP contribution in [-0.2, 0) is 6.54 Å². The molecule has 2 N–H and O–H groups in total. The molecule has 0 amide bonds. The number of aromatic nitrogens is 1. The van der Waals surface area contributed by atoms with Crippen LogP contribution in [0.5, 0.6) is 5.75 Å². The maximum Gasteiger partial charge on any atom is 0.210 e. The standard InChI is InChI=1S/C30H32N2O4/c1-3-5-6-7-8-9-26(31-36)30(35)22-13-17-28-25(19-22)24-18-21(12-16-27(24)32(28)4-2)29(34)20-10-14-23(33)15-11-20/h10-19,33,36H,3-9H2,1-2H3/b31-26+. The van der Waals surface area contributed by atoms with E-state index in [1.165, 1.54) is 12.1 Å². The number of aryl methyl sites for hydroxylation is 1. The van der Waals surface area contributed by atoms with Crippen LogP contribution in [0.3, 0.4) is 0 Å². The van der Waals surface area contributed by atoms with E-state index < -0.39 is 0 Å². The average molecular weight is 485 g/mol. The number of nitrogens with zero attached hydrogens (tertiary/aromatic N) is 2. The van der Waals surface area contributed by atoms with Crippen LogP contribution < -0.4 is 0 Å². The van der Waals surface area contributed by atoms with Crippen molar-refractivity contribution in [2.24, 2.45) is 5.16 Å². The molecule has 186 valence electrons. The maximum absolute atomic E-state index is 13.2. The van der Waals surface area contributed by atoms with Crippen molar-refractivity contribution in [3.63, 3.8) is 0 Å². The normalized spacial score (nSPS) is 11.9. The Hall–Kier alpha value is -3.93. The first-order valence-corrected chi connectivity index (χ1v) is 12.6. The highest BCUT2D eigenvalue weighted by molar-refractivity contribution is 6.46. The molecule has 3 aromatic carbocycles. The number of rotatable bonds is 11. The average Bonchev–Trinajstić information content (AvgIpc) is 3.22. The maximum atomic E-state index is 13.2. The summed E-state index contributed by atoms with van der Waals surface area (Å²) in [6.07, 6.45) is 5.67. The molecule has 1 heterocycles. The molecule has 6 nitrogen and oxygen atoms in total. The third-order valence-corrected chi connectivity index (χ3v) is 6.73. The summed E-state index contributed by atoms with van der Waals surface area (Å²) in [7, 11) is 0. The topological polar surface area (TPSA) is 91.9 Å². The first-order valence-electron chi connectivity index (χ1n) is 12.6. The zero-order valence-corrected chi connectivity index (χ0v) is 20.8. The van der Waals surface area contributed by atoms with Crippen molar-refractivity contribution in [1.82, 2.24) is 4.57 Å². The second kappa shape index (κ2) is 11.2. The second-order valence-electron chi connectivity index (χ2n) is 9.12. The molecule has 0 atom stereocenters. The van der Waals surface area contributed by atoms with Gasteiger partial charge >= 0.3 is 0 Å². The lowest BCUT2D eigenvalue weighted by Gasteiger charge is -2.06. The van der Waals surface area contributed by atoms with E-state index in [4.69, 9.17) is 0 Å². The van der Waals surface area contributed by atoms with E-state index in [0.717, 1.165) is 60.5 Å². The molecule has 4 aromatic rings. The first-order chi connectivity index (χ1) is 17.5. The highest BCUT2D eigenvalue weighted by Gasteiger charge is 2.19. The predicted molar refractivity (Wildman–Crippen MR) is 144 cm³/mol. The van der Waals surface area contributed by atoms with Gasteiger partial charge in [0.05, 0.1) is 0 Å². The minimum Gasteiger partial charge on any atom is -0.508 e. The van der Waals surface area contributed by atoms with Gasteiger partial charge in [0.2, 0.25) is 5.78 Å². The van der Waals surface area contributed by atoms with E-state index in [1.54, 1.807) is 18.2 Å². The number of unbranched alkanes of at least 4 members (excludes halogenated alkanes) is 4. The number of aromatic hydroxyl groups is 1. The number of hydrogen-bond donors (Lipinski definition) is 2. The van der Waals surface area contributed by atoms with Gasteiger partial charge in [-0.1, -0.05) is 37.8 Å². The van der Waals surface area contributed by atoms with Gasteiger partial charge in [0.15, 0.2) is 5.78 Å². The number of fused-ring (bicyclic) bond motifs is 3. The molecule has 0 fully saturated rings. The van der Waals surface area contributed by atoms with Gasteiger partial charge in [-0.2, -0.15) is 0 Å². The molecular weight excluding hydrogens is 452 g/mol. The van der Waals surface area contributed by atoms with Gasteiger partial charge in [-0.05, 0) is 80.4 Å². The molecule has 6 heteroatoms. The van der Waals surface area contributed by atoms with Gasteiger partial charge in [0.1, 0.15) is 11.5 Å². The fourth-order valence-electron chi connectivity index (χ4n) is 4.78. The van der Waals surface area contributed by atoms with E-state index in [0.29, 0.717) is 23.1 Å². The van der Waals surface area contributed by atoms with Crippen molar-refractivity contribution in [2.45, 2.75) is 58.9 Å². The highest BCUT2D eigenvalue weighted by Crippen LogP contribution is 2.31. The Morgan fingerprint density at radius 2 is 1.36 bits per heavy atom. The van der Waals surface area contributed by atoms with Crippen molar-refractivity contribution in [3.05, 3.63) is 77.4 Å². The van der Waals surface area contributed by atoms with E-state index >= 15 is 0 Å². The summed E-state index contributed by atoms with van der Waals surface area (Å²) in [6.45, 7) is 4.95. The summed E-state index contributed by atoms with van der Waals surface area (Å²) in [4.78, 5) is 26.3. The van der Waals surface area contributed by atoms with Crippen LogP contribution in [0.4, 0.5) is 0 Å². The summed E-state index contributed by atoms with van der Waals surface area (Å²) in [5.74, 6) is -0.306. The fourth-order valence-corrected chi connectivity index (χ4v) is 4.78. The third kappa shape index (κ3) is 5.03. The molecule has 36 heavy (non-hydrogen) atoms. The largest absolute Gasteiger partial charge is 0.508 e. The number of hydrogen-bond acceptors (Lipinski definition) is 5. The van der Waals surface area contributed by atoms with Crippen LogP contribution in [0, 0.1) is 0 Å². The monoisotopic (exact) mass is 484 g/mol. The van der Waals surface area contributed by atoms with Crippen molar-refractivity contribution in [1.29, 1.82) is 0 Å².